The summed E-state index contributed by atoms with van der Waals surface area (Å²) in [7, 11) is 0. The van der Waals surface area contributed by atoms with Crippen LogP contribution in [0.2, 0.25) is 0 Å². The molecule has 1 aromatic heterocycles. The number of aromatic nitrogens is 2. The molecule has 0 bridgehead atoms. The maximum atomic E-state index is 12.5. The molecule has 2 N–H and O–H groups in total. The van der Waals surface area contributed by atoms with Crippen LogP contribution in [0.4, 0.5) is 0 Å². The summed E-state index contributed by atoms with van der Waals surface area (Å²) in [5, 5.41) is 16.6. The van der Waals surface area contributed by atoms with Crippen LogP contribution in [0.1, 0.15) is 46.4 Å². The molecular formula is C19H23N3O4. The van der Waals surface area contributed by atoms with Gasteiger partial charge in [-0.25, -0.2) is 0 Å². The van der Waals surface area contributed by atoms with Gasteiger partial charge < -0.3 is 15.2 Å². The SMILES string of the molecule is Cc1c(C(=O)NCC(C(=O)O)c2ccccc2)cnn1C1CCOCC1. The van der Waals surface area contributed by atoms with Crippen LogP contribution in [-0.4, -0.2) is 46.5 Å². The lowest BCUT2D eigenvalue weighted by Crippen LogP contribution is -2.32. The normalized spacial score (nSPS) is 16.2. The highest BCUT2D eigenvalue weighted by atomic mass is 16.5. The molecule has 1 atom stereocenters. The molecule has 1 aliphatic rings. The molecule has 0 radical (unpaired) electrons. The summed E-state index contributed by atoms with van der Waals surface area (Å²) in [5.74, 6) is -2.06. The summed E-state index contributed by atoms with van der Waals surface area (Å²) >= 11 is 0. The van der Waals surface area contributed by atoms with Crippen molar-refractivity contribution in [3.05, 3.63) is 53.3 Å². The smallest absolute Gasteiger partial charge is 0.312 e. The molecule has 1 saturated heterocycles. The standard InChI is InChI=1S/C19H23N3O4/c1-13-16(12-21-22(13)15-7-9-26-10-8-15)18(23)20-11-17(19(24)25)14-5-3-2-4-6-14/h2-6,12,15,17H,7-11H2,1H3,(H,20,23)(H,24,25). The van der Waals surface area contributed by atoms with E-state index in [2.05, 4.69) is 10.4 Å². The molecule has 1 unspecified atom stereocenters. The number of ether oxygens (including phenoxy) is 1. The average molecular weight is 357 g/mol. The van der Waals surface area contributed by atoms with Crippen molar-refractivity contribution >= 4 is 11.9 Å². The van der Waals surface area contributed by atoms with Crippen LogP contribution >= 0.6 is 0 Å². The quantitative estimate of drug-likeness (QED) is 0.826. The van der Waals surface area contributed by atoms with E-state index in [-0.39, 0.29) is 18.5 Å². The lowest BCUT2D eigenvalue weighted by atomic mass is 9.99. The zero-order chi connectivity index (χ0) is 18.5. The maximum Gasteiger partial charge on any atom is 0.312 e. The van der Waals surface area contributed by atoms with Gasteiger partial charge >= 0.3 is 5.97 Å². The van der Waals surface area contributed by atoms with E-state index >= 15 is 0 Å². The Balaban J connectivity index is 1.68. The molecule has 0 aliphatic carbocycles. The zero-order valence-electron chi connectivity index (χ0n) is 14.7. The number of aliphatic carboxylic acids is 1. The van der Waals surface area contributed by atoms with Gasteiger partial charge in [0.05, 0.1) is 23.7 Å². The molecule has 3 rings (SSSR count). The summed E-state index contributed by atoms with van der Waals surface area (Å²) in [5.41, 5.74) is 1.93. The van der Waals surface area contributed by atoms with Crippen LogP contribution < -0.4 is 5.32 Å². The third-order valence-electron chi connectivity index (χ3n) is 4.79. The highest BCUT2D eigenvalue weighted by Gasteiger charge is 2.24. The zero-order valence-corrected chi connectivity index (χ0v) is 14.7. The van der Waals surface area contributed by atoms with Crippen LogP contribution in [0.15, 0.2) is 36.5 Å². The van der Waals surface area contributed by atoms with Crippen molar-refractivity contribution in [3.8, 4) is 0 Å². The Hall–Kier alpha value is -2.67. The second kappa shape index (κ2) is 8.14. The van der Waals surface area contributed by atoms with Crippen molar-refractivity contribution in [3.63, 3.8) is 0 Å². The van der Waals surface area contributed by atoms with Crippen molar-refractivity contribution in [1.29, 1.82) is 0 Å². The molecule has 0 spiro atoms. The predicted molar refractivity (Wildman–Crippen MR) is 95.2 cm³/mol. The largest absolute Gasteiger partial charge is 0.481 e. The highest BCUT2D eigenvalue weighted by Crippen LogP contribution is 2.23. The molecule has 1 aliphatic heterocycles. The number of hydrogen-bond acceptors (Lipinski definition) is 4. The summed E-state index contributed by atoms with van der Waals surface area (Å²) in [6, 6.07) is 9.14. The Bertz CT molecular complexity index is 766. The summed E-state index contributed by atoms with van der Waals surface area (Å²) in [6.45, 7) is 3.29. The number of carboxylic acid groups (broad SMARTS) is 1. The van der Waals surface area contributed by atoms with Gasteiger partial charge in [0.15, 0.2) is 0 Å². The molecule has 138 valence electrons. The van der Waals surface area contributed by atoms with Crippen molar-refractivity contribution in [2.75, 3.05) is 19.8 Å². The second-order valence-electron chi connectivity index (χ2n) is 6.44. The van der Waals surface area contributed by atoms with Gasteiger partial charge in [0.1, 0.15) is 0 Å². The molecule has 26 heavy (non-hydrogen) atoms. The van der Waals surface area contributed by atoms with Gasteiger partial charge in [-0.3, -0.25) is 14.3 Å². The first-order valence-electron chi connectivity index (χ1n) is 8.75. The van der Waals surface area contributed by atoms with Crippen LogP contribution in [0, 0.1) is 6.92 Å². The van der Waals surface area contributed by atoms with E-state index in [1.54, 1.807) is 30.5 Å². The minimum absolute atomic E-state index is 0.0278. The highest BCUT2D eigenvalue weighted by molar-refractivity contribution is 5.95. The number of rotatable bonds is 6. The van der Waals surface area contributed by atoms with Gasteiger partial charge in [-0.1, -0.05) is 30.3 Å². The first kappa shape index (κ1) is 18.1. The van der Waals surface area contributed by atoms with E-state index in [9.17, 15) is 14.7 Å². The van der Waals surface area contributed by atoms with Gasteiger partial charge in [0, 0.05) is 25.5 Å². The summed E-state index contributed by atoms with van der Waals surface area (Å²) in [4.78, 5) is 24.1. The van der Waals surface area contributed by atoms with Gasteiger partial charge in [-0.05, 0) is 25.3 Å². The van der Waals surface area contributed by atoms with Gasteiger partial charge in [-0.2, -0.15) is 5.10 Å². The van der Waals surface area contributed by atoms with Crippen LogP contribution in [-0.2, 0) is 9.53 Å². The van der Waals surface area contributed by atoms with Gasteiger partial charge in [-0.15, -0.1) is 0 Å². The number of carbonyl (C=O) groups excluding carboxylic acids is 1. The Kier molecular flexibility index (Phi) is 5.68. The number of amides is 1. The number of hydrogen-bond donors (Lipinski definition) is 2. The molecule has 1 fully saturated rings. The minimum atomic E-state index is -0.967. The van der Waals surface area contributed by atoms with E-state index in [0.717, 1.165) is 18.5 Å². The molecule has 1 amide bonds. The Labute approximate surface area is 152 Å². The monoisotopic (exact) mass is 357 g/mol. The molecule has 7 heteroatoms. The Morgan fingerprint density at radius 3 is 2.65 bits per heavy atom. The van der Waals surface area contributed by atoms with Crippen molar-refractivity contribution in [1.82, 2.24) is 15.1 Å². The minimum Gasteiger partial charge on any atom is -0.481 e. The Morgan fingerprint density at radius 2 is 2.00 bits per heavy atom. The van der Waals surface area contributed by atoms with E-state index in [0.29, 0.717) is 24.3 Å². The first-order valence-corrected chi connectivity index (χ1v) is 8.75. The molecule has 1 aromatic carbocycles. The second-order valence-corrected chi connectivity index (χ2v) is 6.44. The maximum absolute atomic E-state index is 12.5. The topological polar surface area (TPSA) is 93.5 Å². The lowest BCUT2D eigenvalue weighted by molar-refractivity contribution is -0.138. The fourth-order valence-corrected chi connectivity index (χ4v) is 3.27. The molecule has 0 saturated carbocycles. The molecule has 7 nitrogen and oxygen atoms in total. The van der Waals surface area contributed by atoms with Crippen molar-refractivity contribution in [2.45, 2.75) is 31.7 Å². The van der Waals surface area contributed by atoms with E-state index in [1.807, 2.05) is 17.7 Å². The number of nitrogens with zero attached hydrogens (tertiary/aromatic N) is 2. The molecule has 2 aromatic rings. The van der Waals surface area contributed by atoms with Crippen LogP contribution in [0.3, 0.4) is 0 Å². The van der Waals surface area contributed by atoms with E-state index in [1.165, 1.54) is 0 Å². The first-order chi connectivity index (χ1) is 12.6. The van der Waals surface area contributed by atoms with Crippen LogP contribution in [0.25, 0.3) is 0 Å². The fourth-order valence-electron chi connectivity index (χ4n) is 3.27. The Morgan fingerprint density at radius 1 is 1.31 bits per heavy atom. The van der Waals surface area contributed by atoms with Gasteiger partial charge in [0.25, 0.3) is 5.91 Å². The molecule has 2 heterocycles. The summed E-state index contributed by atoms with van der Waals surface area (Å²) < 4.78 is 7.25. The van der Waals surface area contributed by atoms with Crippen LogP contribution in [0.5, 0.6) is 0 Å². The average Bonchev–Trinajstić information content (AvgIpc) is 3.04. The van der Waals surface area contributed by atoms with E-state index in [4.69, 9.17) is 4.74 Å². The van der Waals surface area contributed by atoms with Crippen molar-refractivity contribution in [2.24, 2.45) is 0 Å². The van der Waals surface area contributed by atoms with Crippen molar-refractivity contribution < 1.29 is 19.4 Å². The third-order valence-corrected chi connectivity index (χ3v) is 4.79. The predicted octanol–water partition coefficient (Wildman–Crippen LogP) is 2.14. The fraction of sp³-hybridized carbons (Fsp3) is 0.421. The lowest BCUT2D eigenvalue weighted by Gasteiger charge is -2.23. The number of nitrogens with one attached hydrogen (secondary N) is 1. The molecular weight excluding hydrogens is 334 g/mol. The number of carbonyl (C=O) groups is 2. The van der Waals surface area contributed by atoms with Gasteiger partial charge in [0.2, 0.25) is 0 Å². The van der Waals surface area contributed by atoms with E-state index < -0.39 is 11.9 Å². The third kappa shape index (κ3) is 3.94. The number of carboxylic acids is 1. The number of benzene rings is 1. The summed E-state index contributed by atoms with van der Waals surface area (Å²) in [6.07, 6.45) is 3.30.